The van der Waals surface area contributed by atoms with Gasteiger partial charge in [0.1, 0.15) is 12.0 Å². The molecule has 8 nitrogen and oxygen atoms in total. The number of hydrogen-bond acceptors (Lipinski definition) is 5. The first-order chi connectivity index (χ1) is 10.2. The van der Waals surface area contributed by atoms with Gasteiger partial charge >= 0.3 is 6.09 Å². The molecule has 1 aliphatic rings. The summed E-state index contributed by atoms with van der Waals surface area (Å²) < 4.78 is 9.50. The van der Waals surface area contributed by atoms with Gasteiger partial charge in [0.15, 0.2) is 5.96 Å². The van der Waals surface area contributed by atoms with Crippen LogP contribution in [0.4, 0.5) is 4.79 Å². The van der Waals surface area contributed by atoms with E-state index in [0.717, 1.165) is 24.5 Å². The van der Waals surface area contributed by atoms with Crippen molar-refractivity contribution in [2.75, 3.05) is 27.2 Å². The van der Waals surface area contributed by atoms with Crippen LogP contribution in [0.3, 0.4) is 0 Å². The van der Waals surface area contributed by atoms with Crippen LogP contribution >= 0.6 is 24.0 Å². The van der Waals surface area contributed by atoms with Crippen LogP contribution < -0.4 is 10.6 Å². The summed E-state index contributed by atoms with van der Waals surface area (Å²) in [6.45, 7) is 1.92. The highest BCUT2D eigenvalue weighted by molar-refractivity contribution is 14.0. The number of carbonyl (C=O) groups is 1. The maximum atomic E-state index is 11.4. The molecule has 2 heterocycles. The van der Waals surface area contributed by atoms with E-state index in [1.165, 1.54) is 13.4 Å². The van der Waals surface area contributed by atoms with Crippen LogP contribution in [-0.4, -0.2) is 55.4 Å². The Bertz CT molecular complexity index is 472. The molecule has 0 bridgehead atoms. The van der Waals surface area contributed by atoms with Crippen molar-refractivity contribution in [1.82, 2.24) is 20.7 Å². The van der Waals surface area contributed by atoms with E-state index >= 15 is 0 Å². The molecular weight excluding hydrogens is 401 g/mol. The molecule has 124 valence electrons. The lowest BCUT2D eigenvalue weighted by atomic mass is 10.1. The number of amides is 1. The van der Waals surface area contributed by atoms with E-state index in [-0.39, 0.29) is 36.1 Å². The molecule has 1 aromatic heterocycles. The van der Waals surface area contributed by atoms with E-state index < -0.39 is 0 Å². The van der Waals surface area contributed by atoms with Gasteiger partial charge in [0.2, 0.25) is 0 Å². The molecule has 0 saturated carbocycles. The molecule has 0 unspecified atom stereocenters. The third kappa shape index (κ3) is 5.35. The zero-order chi connectivity index (χ0) is 15.1. The monoisotopic (exact) mass is 423 g/mol. The summed E-state index contributed by atoms with van der Waals surface area (Å²) in [5.74, 6) is 0.717. The van der Waals surface area contributed by atoms with E-state index in [1.807, 2.05) is 0 Å². The van der Waals surface area contributed by atoms with E-state index in [2.05, 4.69) is 20.8 Å². The molecule has 1 amide bonds. The molecule has 9 heteroatoms. The Morgan fingerprint density at radius 3 is 2.82 bits per heavy atom. The van der Waals surface area contributed by atoms with Crippen molar-refractivity contribution in [3.8, 4) is 0 Å². The van der Waals surface area contributed by atoms with Crippen molar-refractivity contribution in [2.24, 2.45) is 4.99 Å². The highest BCUT2D eigenvalue weighted by Crippen LogP contribution is 2.11. The fraction of sp³-hybridized carbons (Fsp3) is 0.615. The Balaban J connectivity index is 0.00000242. The summed E-state index contributed by atoms with van der Waals surface area (Å²) in [4.78, 5) is 17.3. The smallest absolute Gasteiger partial charge is 0.409 e. The predicted octanol–water partition coefficient (Wildman–Crippen LogP) is 1.19. The molecule has 1 saturated heterocycles. The van der Waals surface area contributed by atoms with Gasteiger partial charge in [-0.05, 0) is 12.8 Å². The Labute approximate surface area is 146 Å². The Morgan fingerprint density at radius 2 is 2.27 bits per heavy atom. The number of nitrogens with one attached hydrogen (secondary N) is 2. The zero-order valence-corrected chi connectivity index (χ0v) is 15.1. The van der Waals surface area contributed by atoms with Crippen LogP contribution in [0.25, 0.3) is 0 Å². The third-order valence-corrected chi connectivity index (χ3v) is 3.42. The number of aliphatic imine (C=N–C) groups is 1. The Kier molecular flexibility index (Phi) is 7.99. The fourth-order valence-electron chi connectivity index (χ4n) is 2.23. The second-order valence-electron chi connectivity index (χ2n) is 4.79. The van der Waals surface area contributed by atoms with Gasteiger partial charge in [0.05, 0.1) is 13.7 Å². The van der Waals surface area contributed by atoms with E-state index in [0.29, 0.717) is 19.6 Å². The van der Waals surface area contributed by atoms with Gasteiger partial charge in [0, 0.05) is 32.2 Å². The lowest BCUT2D eigenvalue weighted by molar-refractivity contribution is 0.111. The van der Waals surface area contributed by atoms with Gasteiger partial charge in [0.25, 0.3) is 0 Å². The molecule has 0 atom stereocenters. The van der Waals surface area contributed by atoms with Crippen molar-refractivity contribution < 1.29 is 14.1 Å². The summed E-state index contributed by atoms with van der Waals surface area (Å²) in [5.41, 5.74) is 0.818. The number of rotatable bonds is 3. The molecule has 22 heavy (non-hydrogen) atoms. The maximum Gasteiger partial charge on any atom is 0.409 e. The van der Waals surface area contributed by atoms with Crippen LogP contribution in [0, 0.1) is 0 Å². The number of guanidine groups is 1. The van der Waals surface area contributed by atoms with Crippen molar-refractivity contribution in [3.05, 3.63) is 18.0 Å². The van der Waals surface area contributed by atoms with E-state index in [1.54, 1.807) is 18.0 Å². The first kappa shape index (κ1) is 18.5. The van der Waals surface area contributed by atoms with Crippen molar-refractivity contribution in [3.63, 3.8) is 0 Å². The lowest BCUT2D eigenvalue weighted by Gasteiger charge is -2.32. The van der Waals surface area contributed by atoms with Crippen LogP contribution in [0.15, 0.2) is 21.8 Å². The molecule has 2 N–H and O–H groups in total. The minimum atomic E-state index is -0.262. The first-order valence-corrected chi connectivity index (χ1v) is 6.92. The number of aromatic nitrogens is 1. The van der Waals surface area contributed by atoms with Gasteiger partial charge in [-0.3, -0.25) is 4.99 Å². The molecule has 2 rings (SSSR count). The van der Waals surface area contributed by atoms with Crippen LogP contribution in [0.5, 0.6) is 0 Å². The average molecular weight is 423 g/mol. The minimum absolute atomic E-state index is 0. The highest BCUT2D eigenvalue weighted by atomic mass is 127. The number of halogens is 1. The number of piperidine rings is 1. The fourth-order valence-corrected chi connectivity index (χ4v) is 2.23. The Morgan fingerprint density at radius 1 is 1.55 bits per heavy atom. The van der Waals surface area contributed by atoms with Gasteiger partial charge in [-0.15, -0.1) is 24.0 Å². The van der Waals surface area contributed by atoms with Gasteiger partial charge < -0.3 is 24.8 Å². The quantitative estimate of drug-likeness (QED) is 0.431. The van der Waals surface area contributed by atoms with Gasteiger partial charge in [-0.25, -0.2) is 4.79 Å². The SMILES string of the molecule is CN=C(NCc1ccon1)NC1CCN(C(=O)OC)CC1.I. The number of nitrogens with zero attached hydrogens (tertiary/aromatic N) is 3. The number of likely N-dealkylation sites (tertiary alicyclic amines) is 1. The molecule has 1 aromatic rings. The molecule has 1 aliphatic heterocycles. The summed E-state index contributed by atoms with van der Waals surface area (Å²) in [5, 5.41) is 10.4. The van der Waals surface area contributed by atoms with Crippen LogP contribution in [-0.2, 0) is 11.3 Å². The largest absolute Gasteiger partial charge is 0.453 e. The highest BCUT2D eigenvalue weighted by Gasteiger charge is 2.23. The summed E-state index contributed by atoms with van der Waals surface area (Å²) in [6.07, 6.45) is 3.00. The van der Waals surface area contributed by atoms with E-state index in [9.17, 15) is 4.79 Å². The molecule has 0 aliphatic carbocycles. The number of hydrogen-bond donors (Lipinski definition) is 2. The second-order valence-corrected chi connectivity index (χ2v) is 4.79. The zero-order valence-electron chi connectivity index (χ0n) is 12.7. The number of ether oxygens (including phenoxy) is 1. The van der Waals surface area contributed by atoms with Crippen molar-refractivity contribution in [2.45, 2.75) is 25.4 Å². The molecule has 1 fully saturated rings. The van der Waals surface area contributed by atoms with Gasteiger partial charge in [-0.1, -0.05) is 5.16 Å². The van der Waals surface area contributed by atoms with Crippen molar-refractivity contribution >= 4 is 36.0 Å². The third-order valence-electron chi connectivity index (χ3n) is 3.42. The topological polar surface area (TPSA) is 92.0 Å². The van der Waals surface area contributed by atoms with E-state index in [4.69, 9.17) is 9.26 Å². The molecule has 0 aromatic carbocycles. The first-order valence-electron chi connectivity index (χ1n) is 6.92. The summed E-state index contributed by atoms with van der Waals surface area (Å²) >= 11 is 0. The van der Waals surface area contributed by atoms with Crippen LogP contribution in [0.1, 0.15) is 18.5 Å². The average Bonchev–Trinajstić information content (AvgIpc) is 3.04. The maximum absolute atomic E-state index is 11.4. The van der Waals surface area contributed by atoms with Crippen molar-refractivity contribution in [1.29, 1.82) is 0 Å². The molecular formula is C13H22IN5O3. The summed E-state index contributed by atoms with van der Waals surface area (Å²) in [6, 6.07) is 2.09. The van der Waals surface area contributed by atoms with Gasteiger partial charge in [-0.2, -0.15) is 0 Å². The van der Waals surface area contributed by atoms with Crippen LogP contribution in [0.2, 0.25) is 0 Å². The Hall–Kier alpha value is -1.52. The number of carbonyl (C=O) groups excluding carboxylic acids is 1. The minimum Gasteiger partial charge on any atom is -0.453 e. The standard InChI is InChI=1S/C13H21N5O3.HI/c1-14-12(15-9-11-5-8-21-17-11)16-10-3-6-18(7-4-10)13(19)20-2;/h5,8,10H,3-4,6-7,9H2,1-2H3,(H2,14,15,16);1H. The molecule has 0 radical (unpaired) electrons. The second kappa shape index (κ2) is 9.49. The number of methoxy groups -OCH3 is 1. The lowest BCUT2D eigenvalue weighted by Crippen LogP contribution is -2.49. The summed E-state index contributed by atoms with van der Waals surface area (Å²) in [7, 11) is 3.13. The molecule has 0 spiro atoms. The predicted molar refractivity (Wildman–Crippen MR) is 92.3 cm³/mol. The normalized spacial score (nSPS) is 15.9.